The number of carbonyl (C=O) groups excluding carboxylic acids is 1. The molecule has 0 aliphatic carbocycles. The number of piperazine rings is 1. The summed E-state index contributed by atoms with van der Waals surface area (Å²) in [5.41, 5.74) is 1.64. The fraction of sp³-hybridized carbons (Fsp3) is 0.261. The SMILES string of the molecule is CN(Cc1ccco1)S(=O)(=O)c1ccc(C(=O)N2CCN(c3ccccc3)CC2)cc1. The third-order valence-corrected chi connectivity index (χ3v) is 7.27. The highest BCUT2D eigenvalue weighted by Gasteiger charge is 2.25. The van der Waals surface area contributed by atoms with Crippen LogP contribution in [0.4, 0.5) is 5.69 Å². The van der Waals surface area contributed by atoms with Crippen LogP contribution in [0.3, 0.4) is 0 Å². The van der Waals surface area contributed by atoms with Gasteiger partial charge in [-0.3, -0.25) is 4.79 Å². The first-order valence-corrected chi connectivity index (χ1v) is 11.6. The van der Waals surface area contributed by atoms with Crippen LogP contribution in [0, 0.1) is 0 Å². The lowest BCUT2D eigenvalue weighted by molar-refractivity contribution is 0.0746. The quantitative estimate of drug-likeness (QED) is 0.590. The van der Waals surface area contributed by atoms with Crippen LogP contribution in [-0.4, -0.2) is 56.8 Å². The minimum absolute atomic E-state index is 0.0828. The number of sulfonamides is 1. The molecule has 1 aliphatic rings. The van der Waals surface area contributed by atoms with E-state index in [1.54, 1.807) is 24.3 Å². The number of furan rings is 1. The Morgan fingerprint density at radius 3 is 2.23 bits per heavy atom. The fourth-order valence-corrected chi connectivity index (χ4v) is 4.78. The molecule has 0 saturated carbocycles. The first kappa shape index (κ1) is 21.1. The summed E-state index contributed by atoms with van der Waals surface area (Å²) in [6.45, 7) is 2.92. The van der Waals surface area contributed by atoms with Gasteiger partial charge in [0, 0.05) is 44.5 Å². The largest absolute Gasteiger partial charge is 0.468 e. The van der Waals surface area contributed by atoms with E-state index in [1.807, 2.05) is 23.1 Å². The number of para-hydroxylation sites is 1. The first-order chi connectivity index (χ1) is 14.9. The number of hydrogen-bond donors (Lipinski definition) is 0. The van der Waals surface area contributed by atoms with Crippen LogP contribution < -0.4 is 4.90 Å². The second kappa shape index (κ2) is 8.95. The zero-order chi connectivity index (χ0) is 21.8. The smallest absolute Gasteiger partial charge is 0.253 e. The summed E-state index contributed by atoms with van der Waals surface area (Å²) in [5, 5.41) is 0. The molecular formula is C23H25N3O4S. The van der Waals surface area contributed by atoms with E-state index >= 15 is 0 Å². The van der Waals surface area contributed by atoms with Gasteiger partial charge in [-0.1, -0.05) is 18.2 Å². The molecule has 4 rings (SSSR count). The zero-order valence-electron chi connectivity index (χ0n) is 17.3. The van der Waals surface area contributed by atoms with Crippen LogP contribution in [0.1, 0.15) is 16.1 Å². The minimum Gasteiger partial charge on any atom is -0.468 e. The van der Waals surface area contributed by atoms with Gasteiger partial charge in [0.1, 0.15) is 5.76 Å². The molecule has 1 amide bonds. The number of hydrogen-bond acceptors (Lipinski definition) is 5. The summed E-state index contributed by atoms with van der Waals surface area (Å²) in [4.78, 5) is 17.1. The van der Waals surface area contributed by atoms with Gasteiger partial charge in [-0.05, 0) is 48.5 Å². The fourth-order valence-electron chi connectivity index (χ4n) is 3.65. The maximum atomic E-state index is 12.9. The summed E-state index contributed by atoms with van der Waals surface area (Å²) in [6.07, 6.45) is 1.51. The van der Waals surface area contributed by atoms with Crippen molar-refractivity contribution in [3.8, 4) is 0 Å². The molecule has 0 bridgehead atoms. The highest BCUT2D eigenvalue weighted by Crippen LogP contribution is 2.20. The van der Waals surface area contributed by atoms with Gasteiger partial charge in [-0.15, -0.1) is 0 Å². The molecule has 162 valence electrons. The third-order valence-electron chi connectivity index (χ3n) is 5.46. The van der Waals surface area contributed by atoms with Crippen molar-refractivity contribution >= 4 is 21.6 Å². The number of amides is 1. The van der Waals surface area contributed by atoms with Gasteiger partial charge in [0.15, 0.2) is 0 Å². The molecule has 31 heavy (non-hydrogen) atoms. The molecule has 0 unspecified atom stereocenters. The summed E-state index contributed by atoms with van der Waals surface area (Å²) in [5.74, 6) is 0.480. The Labute approximate surface area is 182 Å². The van der Waals surface area contributed by atoms with E-state index in [2.05, 4.69) is 17.0 Å². The monoisotopic (exact) mass is 439 g/mol. The maximum Gasteiger partial charge on any atom is 0.253 e. The summed E-state index contributed by atoms with van der Waals surface area (Å²) in [7, 11) is -2.18. The molecule has 0 radical (unpaired) electrons. The maximum absolute atomic E-state index is 12.9. The van der Waals surface area contributed by atoms with Crippen molar-refractivity contribution in [2.75, 3.05) is 38.1 Å². The van der Waals surface area contributed by atoms with Gasteiger partial charge in [0.2, 0.25) is 10.0 Å². The summed E-state index contributed by atoms with van der Waals surface area (Å²) >= 11 is 0. The number of nitrogens with zero attached hydrogens (tertiary/aromatic N) is 3. The first-order valence-electron chi connectivity index (χ1n) is 10.1. The molecule has 7 nitrogen and oxygen atoms in total. The Hall–Kier alpha value is -3.10. The van der Waals surface area contributed by atoms with Crippen molar-refractivity contribution in [2.45, 2.75) is 11.4 Å². The van der Waals surface area contributed by atoms with E-state index in [9.17, 15) is 13.2 Å². The summed E-state index contributed by atoms with van der Waals surface area (Å²) in [6, 6.07) is 19.7. The van der Waals surface area contributed by atoms with Gasteiger partial charge in [-0.2, -0.15) is 4.31 Å². The van der Waals surface area contributed by atoms with Crippen molar-refractivity contribution in [2.24, 2.45) is 0 Å². The molecule has 8 heteroatoms. The molecule has 1 aliphatic heterocycles. The second-order valence-electron chi connectivity index (χ2n) is 7.48. The van der Waals surface area contributed by atoms with Crippen LogP contribution in [0.5, 0.6) is 0 Å². The molecule has 1 saturated heterocycles. The normalized spacial score (nSPS) is 14.8. The Balaban J connectivity index is 1.39. The van der Waals surface area contributed by atoms with Gasteiger partial charge in [0.25, 0.3) is 5.91 Å². The average Bonchev–Trinajstić information content (AvgIpc) is 3.32. The van der Waals surface area contributed by atoms with Crippen LogP contribution in [-0.2, 0) is 16.6 Å². The van der Waals surface area contributed by atoms with Gasteiger partial charge in [-0.25, -0.2) is 8.42 Å². The number of rotatable bonds is 6. The van der Waals surface area contributed by atoms with E-state index in [0.29, 0.717) is 24.4 Å². The molecule has 3 aromatic rings. The van der Waals surface area contributed by atoms with E-state index < -0.39 is 10.0 Å². The highest BCUT2D eigenvalue weighted by atomic mass is 32.2. The lowest BCUT2D eigenvalue weighted by Gasteiger charge is -2.36. The Morgan fingerprint density at radius 1 is 0.935 bits per heavy atom. The minimum atomic E-state index is -3.68. The van der Waals surface area contributed by atoms with E-state index in [0.717, 1.165) is 18.8 Å². The Kier molecular flexibility index (Phi) is 6.11. The lowest BCUT2D eigenvalue weighted by atomic mass is 10.1. The highest BCUT2D eigenvalue weighted by molar-refractivity contribution is 7.89. The Morgan fingerprint density at radius 2 is 1.61 bits per heavy atom. The lowest BCUT2D eigenvalue weighted by Crippen LogP contribution is -2.48. The van der Waals surface area contributed by atoms with Crippen LogP contribution in [0.25, 0.3) is 0 Å². The number of anilines is 1. The molecular weight excluding hydrogens is 414 g/mol. The standard InChI is InChI=1S/C23H25N3O4S/c1-24(18-21-8-5-17-30-21)31(28,29)22-11-9-19(10-12-22)23(27)26-15-13-25(14-16-26)20-6-3-2-4-7-20/h2-12,17H,13-16,18H2,1H3. The van der Waals surface area contributed by atoms with Crippen molar-refractivity contribution in [3.05, 3.63) is 84.3 Å². The van der Waals surface area contributed by atoms with E-state index in [4.69, 9.17) is 4.42 Å². The van der Waals surface area contributed by atoms with Gasteiger partial charge >= 0.3 is 0 Å². The van der Waals surface area contributed by atoms with E-state index in [-0.39, 0.29) is 17.3 Å². The molecule has 1 fully saturated rings. The average molecular weight is 440 g/mol. The van der Waals surface area contributed by atoms with E-state index in [1.165, 1.54) is 29.7 Å². The topological polar surface area (TPSA) is 74.1 Å². The number of benzene rings is 2. The molecule has 2 aromatic carbocycles. The van der Waals surface area contributed by atoms with Crippen molar-refractivity contribution in [3.63, 3.8) is 0 Å². The Bertz CT molecular complexity index is 1110. The molecule has 0 spiro atoms. The molecule has 2 heterocycles. The molecule has 0 N–H and O–H groups in total. The van der Waals surface area contributed by atoms with Gasteiger partial charge < -0.3 is 14.2 Å². The summed E-state index contributed by atoms with van der Waals surface area (Å²) < 4.78 is 32.0. The van der Waals surface area contributed by atoms with Gasteiger partial charge in [0.05, 0.1) is 17.7 Å². The zero-order valence-corrected chi connectivity index (χ0v) is 18.2. The van der Waals surface area contributed by atoms with Crippen molar-refractivity contribution < 1.29 is 17.6 Å². The predicted molar refractivity (Wildman–Crippen MR) is 118 cm³/mol. The van der Waals surface area contributed by atoms with Crippen LogP contribution in [0.2, 0.25) is 0 Å². The van der Waals surface area contributed by atoms with Crippen LogP contribution in [0.15, 0.2) is 82.3 Å². The number of carbonyl (C=O) groups is 1. The molecule has 0 atom stereocenters. The second-order valence-corrected chi connectivity index (χ2v) is 9.52. The predicted octanol–water partition coefficient (Wildman–Crippen LogP) is 3.06. The van der Waals surface area contributed by atoms with Crippen molar-refractivity contribution in [1.29, 1.82) is 0 Å². The third kappa shape index (κ3) is 4.65. The molecule has 1 aromatic heterocycles. The van der Waals surface area contributed by atoms with Crippen LogP contribution >= 0.6 is 0 Å². The van der Waals surface area contributed by atoms with Crippen molar-refractivity contribution in [1.82, 2.24) is 9.21 Å².